The van der Waals surface area contributed by atoms with Crippen molar-refractivity contribution in [3.63, 3.8) is 0 Å². The first-order valence-corrected chi connectivity index (χ1v) is 11.0. The Morgan fingerprint density at radius 2 is 1.92 bits per heavy atom. The number of hydrogen-bond acceptors (Lipinski definition) is 7. The second-order valence-electron chi connectivity index (χ2n) is 7.29. The summed E-state index contributed by atoms with van der Waals surface area (Å²) in [5, 5.41) is 18.2. The molecule has 0 saturated heterocycles. The summed E-state index contributed by atoms with van der Waals surface area (Å²) in [6, 6.07) is 14.0. The second-order valence-corrected chi connectivity index (χ2v) is 8.14. The molecule has 0 aliphatic heterocycles. The van der Waals surface area contributed by atoms with Gasteiger partial charge in [0.25, 0.3) is 11.5 Å². The van der Waals surface area contributed by atoms with Gasteiger partial charge in [-0.3, -0.25) is 19.7 Å². The van der Waals surface area contributed by atoms with Crippen molar-refractivity contribution < 1.29 is 18.8 Å². The maximum Gasteiger partial charge on any atom is 0.349 e. The Bertz CT molecular complexity index is 1630. The molecule has 182 valence electrons. The van der Waals surface area contributed by atoms with Crippen LogP contribution in [0.15, 0.2) is 79.8 Å². The smallest absolute Gasteiger partial charge is 0.349 e. The molecule has 0 radical (unpaired) electrons. The molecule has 0 saturated carbocycles. The van der Waals surface area contributed by atoms with Crippen LogP contribution in [0.3, 0.4) is 0 Å². The maximum atomic E-state index is 13.0. The van der Waals surface area contributed by atoms with Crippen LogP contribution in [0.1, 0.15) is 5.56 Å². The van der Waals surface area contributed by atoms with E-state index in [1.165, 1.54) is 24.3 Å². The Morgan fingerprint density at radius 3 is 2.64 bits per heavy atom. The van der Waals surface area contributed by atoms with E-state index in [9.17, 15) is 28.9 Å². The fourth-order valence-corrected chi connectivity index (χ4v) is 3.78. The van der Waals surface area contributed by atoms with Crippen LogP contribution in [0.4, 0.5) is 15.8 Å². The summed E-state index contributed by atoms with van der Waals surface area (Å²) < 4.78 is 19.1. The molecule has 0 atom stereocenters. The number of ether oxygens (including phenoxy) is 1. The van der Waals surface area contributed by atoms with E-state index in [2.05, 4.69) is 31.3 Å². The fourth-order valence-electron chi connectivity index (χ4n) is 3.20. The van der Waals surface area contributed by atoms with Crippen molar-refractivity contribution in [1.82, 2.24) is 9.66 Å². The van der Waals surface area contributed by atoms with Crippen molar-refractivity contribution in [1.29, 1.82) is 0 Å². The molecule has 4 aromatic rings. The molecular weight excluding hydrogens is 541 g/mol. The average molecular weight is 556 g/mol. The Morgan fingerprint density at radius 1 is 1.19 bits per heavy atom. The number of halogens is 2. The Kier molecular flexibility index (Phi) is 7.01. The number of fused-ring (bicyclic) bond motifs is 1. The number of carbonyl (C=O) groups excluding carboxylic acids is 1. The van der Waals surface area contributed by atoms with Crippen LogP contribution in [-0.4, -0.2) is 33.3 Å². The predicted octanol–water partition coefficient (Wildman–Crippen LogP) is 3.40. The Hall–Kier alpha value is -4.65. The number of H-pyrrole nitrogens is 1. The summed E-state index contributed by atoms with van der Waals surface area (Å²) >= 11 is 3.18. The van der Waals surface area contributed by atoms with Gasteiger partial charge >= 0.3 is 11.4 Å². The third kappa shape index (κ3) is 5.36. The summed E-state index contributed by atoms with van der Waals surface area (Å²) in [6.45, 7) is -0.563. The molecule has 0 fully saturated rings. The van der Waals surface area contributed by atoms with Gasteiger partial charge in [-0.15, -0.1) is 4.68 Å². The normalized spacial score (nSPS) is 11.1. The quantitative estimate of drug-likeness (QED) is 0.203. The number of nitro benzene ring substituents is 1. The van der Waals surface area contributed by atoms with Gasteiger partial charge in [0, 0.05) is 17.3 Å². The number of anilines is 1. The number of nitrogens with one attached hydrogen (secondary N) is 2. The van der Waals surface area contributed by atoms with E-state index in [1.54, 1.807) is 18.2 Å². The van der Waals surface area contributed by atoms with Crippen molar-refractivity contribution >= 4 is 50.3 Å². The molecule has 4 rings (SSSR count). The van der Waals surface area contributed by atoms with Crippen LogP contribution >= 0.6 is 15.9 Å². The molecule has 0 aliphatic rings. The molecule has 1 amide bonds. The SMILES string of the molecule is O=C(COc1c(Br)cc(C=Nn2c(=O)[nH]c3ccccc3c2=O)cc1[N+](=O)[O-])Nc1ccc(F)cc1. The number of aromatic amines is 1. The van der Waals surface area contributed by atoms with Gasteiger partial charge in [-0.2, -0.15) is 5.10 Å². The van der Waals surface area contributed by atoms with Crippen LogP contribution < -0.4 is 21.3 Å². The van der Waals surface area contributed by atoms with Crippen LogP contribution in [0.5, 0.6) is 5.75 Å². The van der Waals surface area contributed by atoms with E-state index in [-0.39, 0.29) is 21.2 Å². The number of rotatable bonds is 7. The van der Waals surface area contributed by atoms with E-state index >= 15 is 0 Å². The largest absolute Gasteiger partial charge is 0.476 e. The van der Waals surface area contributed by atoms with E-state index in [0.29, 0.717) is 15.9 Å². The third-order valence-electron chi connectivity index (χ3n) is 4.82. The van der Waals surface area contributed by atoms with Crippen molar-refractivity contribution in [2.75, 3.05) is 11.9 Å². The molecule has 13 heteroatoms. The molecule has 36 heavy (non-hydrogen) atoms. The summed E-state index contributed by atoms with van der Waals surface area (Å²) in [7, 11) is 0. The highest BCUT2D eigenvalue weighted by Crippen LogP contribution is 2.36. The first-order chi connectivity index (χ1) is 17.2. The van der Waals surface area contributed by atoms with E-state index in [4.69, 9.17) is 4.74 Å². The minimum atomic E-state index is -0.782. The van der Waals surface area contributed by atoms with Crippen LogP contribution in [-0.2, 0) is 4.79 Å². The average Bonchev–Trinajstić information content (AvgIpc) is 2.84. The van der Waals surface area contributed by atoms with Crippen LogP contribution in [0.2, 0.25) is 0 Å². The highest BCUT2D eigenvalue weighted by atomic mass is 79.9. The summed E-state index contributed by atoms with van der Waals surface area (Å²) in [5.41, 5.74) is -1.08. The van der Waals surface area contributed by atoms with Gasteiger partial charge in [0.1, 0.15) is 5.82 Å². The molecule has 0 aliphatic carbocycles. The molecule has 0 bridgehead atoms. The van der Waals surface area contributed by atoms with Gasteiger partial charge in [-0.05, 0) is 58.4 Å². The first kappa shape index (κ1) is 24.5. The Labute approximate surface area is 209 Å². The number of para-hydroxylation sites is 1. The van der Waals surface area contributed by atoms with Gasteiger partial charge < -0.3 is 15.0 Å². The van der Waals surface area contributed by atoms with Crippen molar-refractivity contribution in [2.24, 2.45) is 5.10 Å². The van der Waals surface area contributed by atoms with Gasteiger partial charge in [-0.25, -0.2) is 9.18 Å². The zero-order chi connectivity index (χ0) is 25.8. The predicted molar refractivity (Wildman–Crippen MR) is 133 cm³/mol. The monoisotopic (exact) mass is 555 g/mol. The zero-order valence-corrected chi connectivity index (χ0v) is 19.7. The molecule has 3 aromatic carbocycles. The minimum Gasteiger partial charge on any atom is -0.476 e. The van der Waals surface area contributed by atoms with Gasteiger partial charge in [0.05, 0.1) is 26.5 Å². The minimum absolute atomic E-state index is 0.132. The summed E-state index contributed by atoms with van der Waals surface area (Å²) in [4.78, 5) is 50.5. The highest BCUT2D eigenvalue weighted by molar-refractivity contribution is 9.10. The number of nitro groups is 1. The number of benzene rings is 3. The standard InChI is InChI=1S/C23H15BrFN5O6/c24-17-9-13(11-26-29-22(32)16-3-1-2-4-18(16)28-23(29)33)10-19(30(34)35)21(17)36-12-20(31)27-15-7-5-14(25)6-8-15/h1-11H,12H2,(H,27,31)(H,28,33). The number of hydrogen-bond donors (Lipinski definition) is 2. The van der Waals surface area contributed by atoms with Crippen molar-refractivity contribution in [3.8, 4) is 5.75 Å². The lowest BCUT2D eigenvalue weighted by Crippen LogP contribution is -2.32. The maximum absolute atomic E-state index is 13.0. The lowest BCUT2D eigenvalue weighted by atomic mass is 10.2. The molecule has 1 heterocycles. The molecule has 0 spiro atoms. The molecular formula is C23H15BrFN5O6. The van der Waals surface area contributed by atoms with Crippen molar-refractivity contribution in [2.45, 2.75) is 0 Å². The zero-order valence-electron chi connectivity index (χ0n) is 18.1. The van der Waals surface area contributed by atoms with Crippen LogP contribution in [0.25, 0.3) is 10.9 Å². The number of aromatic nitrogens is 2. The first-order valence-electron chi connectivity index (χ1n) is 10.2. The van der Waals surface area contributed by atoms with E-state index in [1.807, 2.05) is 0 Å². The van der Waals surface area contributed by atoms with Gasteiger partial charge in [0.15, 0.2) is 6.61 Å². The topological polar surface area (TPSA) is 149 Å². The lowest BCUT2D eigenvalue weighted by Gasteiger charge is -2.10. The molecule has 11 nitrogen and oxygen atoms in total. The number of carbonyl (C=O) groups is 1. The van der Waals surface area contributed by atoms with E-state index in [0.717, 1.165) is 24.4 Å². The van der Waals surface area contributed by atoms with Crippen LogP contribution in [0, 0.1) is 15.9 Å². The molecule has 2 N–H and O–H groups in total. The summed E-state index contributed by atoms with van der Waals surface area (Å²) in [6.07, 6.45) is 1.11. The van der Waals surface area contributed by atoms with E-state index < -0.39 is 40.2 Å². The molecule has 0 unspecified atom stereocenters. The second kappa shape index (κ2) is 10.3. The van der Waals surface area contributed by atoms with Gasteiger partial charge in [0.2, 0.25) is 5.75 Å². The number of nitrogens with zero attached hydrogens (tertiary/aromatic N) is 3. The third-order valence-corrected chi connectivity index (χ3v) is 5.41. The fraction of sp³-hybridized carbons (Fsp3) is 0.0435. The number of amides is 1. The Balaban J connectivity index is 1.57. The van der Waals surface area contributed by atoms with Crippen molar-refractivity contribution in [3.05, 3.63) is 107 Å². The highest BCUT2D eigenvalue weighted by Gasteiger charge is 2.21. The molecule has 1 aromatic heterocycles. The lowest BCUT2D eigenvalue weighted by molar-refractivity contribution is -0.385. The summed E-state index contributed by atoms with van der Waals surface area (Å²) in [5.74, 6) is -1.31. The van der Waals surface area contributed by atoms with Gasteiger partial charge in [-0.1, -0.05) is 12.1 Å².